The summed E-state index contributed by atoms with van der Waals surface area (Å²) in [5.74, 6) is 0.170. The number of nitrogens with two attached hydrogens (primary N) is 1. The van der Waals surface area contributed by atoms with Gasteiger partial charge < -0.3 is 10.7 Å². The molecule has 16 heavy (non-hydrogen) atoms. The van der Waals surface area contributed by atoms with Crippen molar-refractivity contribution in [3.05, 3.63) is 40.8 Å². The molecule has 2 heterocycles. The van der Waals surface area contributed by atoms with Gasteiger partial charge in [0.05, 0.1) is 16.4 Å². The van der Waals surface area contributed by atoms with E-state index in [4.69, 9.17) is 5.73 Å². The Hall–Kier alpha value is -2.43. The van der Waals surface area contributed by atoms with Crippen LogP contribution >= 0.6 is 0 Å². The number of aromatic nitrogens is 3. The molecule has 0 aliphatic heterocycles. The van der Waals surface area contributed by atoms with Crippen molar-refractivity contribution < 1.29 is 0 Å². The quantitative estimate of drug-likeness (QED) is 0.545. The first kappa shape index (κ1) is 8.84. The first-order valence-electron chi connectivity index (χ1n) is 4.79. The van der Waals surface area contributed by atoms with Gasteiger partial charge in [0.2, 0.25) is 5.95 Å². The number of anilines is 1. The van der Waals surface area contributed by atoms with Crippen LogP contribution in [0.5, 0.6) is 0 Å². The molecule has 78 valence electrons. The minimum atomic E-state index is -0.200. The topological polar surface area (TPSA) is 84.7 Å². The Labute approximate surface area is 90.0 Å². The van der Waals surface area contributed by atoms with E-state index < -0.39 is 0 Å². The van der Waals surface area contributed by atoms with Crippen LogP contribution in [-0.4, -0.2) is 15.0 Å². The largest absolute Gasteiger partial charge is 0.368 e. The number of aromatic amines is 1. The SMILES string of the molecule is Nc1ncc2c(=O)[nH]c3ccccc3c2n1. The lowest BCUT2D eigenvalue weighted by molar-refractivity contribution is 1.22. The summed E-state index contributed by atoms with van der Waals surface area (Å²) in [4.78, 5) is 22.4. The minimum Gasteiger partial charge on any atom is -0.368 e. The number of nitrogen functional groups attached to an aromatic ring is 1. The Morgan fingerprint density at radius 2 is 2.00 bits per heavy atom. The lowest BCUT2D eigenvalue weighted by atomic mass is 10.1. The second-order valence-electron chi connectivity index (χ2n) is 3.49. The summed E-state index contributed by atoms with van der Waals surface area (Å²) in [6.45, 7) is 0. The van der Waals surface area contributed by atoms with Crippen molar-refractivity contribution in [2.24, 2.45) is 0 Å². The van der Waals surface area contributed by atoms with Crippen molar-refractivity contribution in [3.8, 4) is 0 Å². The van der Waals surface area contributed by atoms with Gasteiger partial charge in [-0.3, -0.25) is 4.79 Å². The van der Waals surface area contributed by atoms with Gasteiger partial charge in [-0.25, -0.2) is 9.97 Å². The number of hydrogen-bond acceptors (Lipinski definition) is 4. The van der Waals surface area contributed by atoms with E-state index in [1.165, 1.54) is 6.20 Å². The summed E-state index contributed by atoms with van der Waals surface area (Å²) in [6.07, 6.45) is 1.45. The number of benzene rings is 1. The highest BCUT2D eigenvalue weighted by molar-refractivity contribution is 6.02. The molecule has 0 spiro atoms. The van der Waals surface area contributed by atoms with Gasteiger partial charge in [-0.1, -0.05) is 18.2 Å². The van der Waals surface area contributed by atoms with Crippen molar-refractivity contribution in [3.63, 3.8) is 0 Å². The van der Waals surface area contributed by atoms with Gasteiger partial charge in [0, 0.05) is 11.6 Å². The lowest BCUT2D eigenvalue weighted by Gasteiger charge is -2.02. The number of rotatable bonds is 0. The maximum atomic E-state index is 11.7. The molecule has 0 saturated carbocycles. The second-order valence-corrected chi connectivity index (χ2v) is 3.49. The van der Waals surface area contributed by atoms with E-state index in [0.29, 0.717) is 10.9 Å². The van der Waals surface area contributed by atoms with Crippen molar-refractivity contribution in [2.75, 3.05) is 5.73 Å². The van der Waals surface area contributed by atoms with Crippen molar-refractivity contribution in [1.29, 1.82) is 0 Å². The molecule has 5 heteroatoms. The molecule has 1 aromatic carbocycles. The number of nitrogens with zero attached hydrogens (tertiary/aromatic N) is 2. The molecule has 0 amide bonds. The molecule has 0 saturated heterocycles. The summed E-state index contributed by atoms with van der Waals surface area (Å²) in [5, 5.41) is 1.32. The molecule has 3 rings (SSSR count). The molecule has 0 fully saturated rings. The van der Waals surface area contributed by atoms with E-state index in [0.717, 1.165) is 10.9 Å². The Morgan fingerprint density at radius 3 is 2.88 bits per heavy atom. The summed E-state index contributed by atoms with van der Waals surface area (Å²) in [5.41, 5.74) is 6.67. The van der Waals surface area contributed by atoms with E-state index in [1.54, 1.807) is 0 Å². The van der Waals surface area contributed by atoms with E-state index >= 15 is 0 Å². The molecular weight excluding hydrogens is 204 g/mol. The number of para-hydroxylation sites is 1. The van der Waals surface area contributed by atoms with Gasteiger partial charge in [-0.05, 0) is 6.07 Å². The van der Waals surface area contributed by atoms with Crippen molar-refractivity contribution in [1.82, 2.24) is 15.0 Å². The summed E-state index contributed by atoms with van der Waals surface area (Å²) in [7, 11) is 0. The van der Waals surface area contributed by atoms with Gasteiger partial charge in [0.25, 0.3) is 5.56 Å². The number of hydrogen-bond donors (Lipinski definition) is 2. The third kappa shape index (κ3) is 1.15. The predicted octanol–water partition coefficient (Wildman–Crippen LogP) is 1.05. The molecule has 0 aliphatic carbocycles. The van der Waals surface area contributed by atoms with E-state index in [1.807, 2.05) is 24.3 Å². The Balaban J connectivity index is 2.67. The monoisotopic (exact) mass is 212 g/mol. The molecule has 3 N–H and O–H groups in total. The van der Waals surface area contributed by atoms with Crippen molar-refractivity contribution in [2.45, 2.75) is 0 Å². The first-order chi connectivity index (χ1) is 7.75. The molecule has 5 nitrogen and oxygen atoms in total. The summed E-state index contributed by atoms with van der Waals surface area (Å²) in [6, 6.07) is 7.46. The fourth-order valence-electron chi connectivity index (χ4n) is 1.76. The average molecular weight is 212 g/mol. The molecule has 3 aromatic rings. The summed E-state index contributed by atoms with van der Waals surface area (Å²) < 4.78 is 0. The highest BCUT2D eigenvalue weighted by Crippen LogP contribution is 2.18. The third-order valence-electron chi connectivity index (χ3n) is 2.48. The third-order valence-corrected chi connectivity index (χ3v) is 2.48. The molecular formula is C11H8N4O. The molecule has 0 atom stereocenters. The highest BCUT2D eigenvalue weighted by atomic mass is 16.1. The zero-order valence-electron chi connectivity index (χ0n) is 8.27. The van der Waals surface area contributed by atoms with Crippen LogP contribution in [0.1, 0.15) is 0 Å². The Morgan fingerprint density at radius 1 is 1.19 bits per heavy atom. The fourth-order valence-corrected chi connectivity index (χ4v) is 1.76. The van der Waals surface area contributed by atoms with Gasteiger partial charge >= 0.3 is 0 Å². The van der Waals surface area contributed by atoms with E-state index in [9.17, 15) is 4.79 Å². The fraction of sp³-hybridized carbons (Fsp3) is 0. The van der Waals surface area contributed by atoms with Crippen LogP contribution in [0.25, 0.3) is 21.8 Å². The smallest absolute Gasteiger partial charge is 0.259 e. The van der Waals surface area contributed by atoms with Crippen LogP contribution in [0.15, 0.2) is 35.3 Å². The number of H-pyrrole nitrogens is 1. The second kappa shape index (κ2) is 3.03. The van der Waals surface area contributed by atoms with Crippen LogP contribution in [0, 0.1) is 0 Å². The predicted molar refractivity (Wildman–Crippen MR) is 62.1 cm³/mol. The van der Waals surface area contributed by atoms with Crippen LogP contribution in [0.2, 0.25) is 0 Å². The Kier molecular flexibility index (Phi) is 1.67. The van der Waals surface area contributed by atoms with Gasteiger partial charge in [-0.15, -0.1) is 0 Å². The van der Waals surface area contributed by atoms with E-state index in [2.05, 4.69) is 15.0 Å². The maximum Gasteiger partial charge on any atom is 0.259 e. The Bertz CT molecular complexity index is 748. The molecule has 2 aromatic heterocycles. The zero-order valence-corrected chi connectivity index (χ0v) is 8.27. The zero-order chi connectivity index (χ0) is 11.1. The van der Waals surface area contributed by atoms with Crippen LogP contribution in [-0.2, 0) is 0 Å². The van der Waals surface area contributed by atoms with Crippen molar-refractivity contribution >= 4 is 27.8 Å². The van der Waals surface area contributed by atoms with Gasteiger partial charge in [0.1, 0.15) is 0 Å². The molecule has 0 bridgehead atoms. The minimum absolute atomic E-state index is 0.170. The first-order valence-corrected chi connectivity index (χ1v) is 4.79. The number of pyridine rings is 1. The van der Waals surface area contributed by atoms with Crippen LogP contribution in [0.4, 0.5) is 5.95 Å². The number of fused-ring (bicyclic) bond motifs is 3. The molecule has 0 radical (unpaired) electrons. The number of nitrogens with one attached hydrogen (secondary N) is 1. The van der Waals surface area contributed by atoms with E-state index in [-0.39, 0.29) is 11.5 Å². The van der Waals surface area contributed by atoms with Gasteiger partial charge in [0.15, 0.2) is 0 Å². The molecule has 0 aliphatic rings. The average Bonchev–Trinajstić information content (AvgIpc) is 2.29. The molecule has 0 unspecified atom stereocenters. The van der Waals surface area contributed by atoms with Crippen LogP contribution in [0.3, 0.4) is 0 Å². The van der Waals surface area contributed by atoms with Crippen LogP contribution < -0.4 is 11.3 Å². The van der Waals surface area contributed by atoms with Gasteiger partial charge in [-0.2, -0.15) is 0 Å². The standard InChI is InChI=1S/C11H8N4O/c12-11-13-5-7-9(15-11)6-3-1-2-4-8(6)14-10(7)16/h1-5H,(H,14,16)(H2,12,13,15). The summed E-state index contributed by atoms with van der Waals surface area (Å²) >= 11 is 0. The lowest BCUT2D eigenvalue weighted by Crippen LogP contribution is -2.08. The highest BCUT2D eigenvalue weighted by Gasteiger charge is 2.06. The normalized spacial score (nSPS) is 11.0. The maximum absolute atomic E-state index is 11.7.